The fourth-order valence-corrected chi connectivity index (χ4v) is 2.69. The maximum Gasteiger partial charge on any atom is 0.191 e. The lowest BCUT2D eigenvalue weighted by Gasteiger charge is -2.18. The van der Waals surface area contributed by atoms with E-state index >= 15 is 0 Å². The summed E-state index contributed by atoms with van der Waals surface area (Å²) in [6, 6.07) is 10.9. The fraction of sp³-hybridized carbons (Fsp3) is 0.474. The van der Waals surface area contributed by atoms with Crippen molar-refractivity contribution in [2.75, 3.05) is 13.6 Å². The van der Waals surface area contributed by atoms with Gasteiger partial charge in [-0.2, -0.15) is 0 Å². The van der Waals surface area contributed by atoms with E-state index in [9.17, 15) is 0 Å². The third kappa shape index (κ3) is 7.05. The number of aromatic nitrogens is 1. The number of benzene rings is 1. The molecule has 0 spiro atoms. The molecule has 2 aromatic rings. The van der Waals surface area contributed by atoms with Gasteiger partial charge in [-0.3, -0.25) is 4.99 Å². The third-order valence-corrected chi connectivity index (χ3v) is 4.16. The van der Waals surface area contributed by atoms with Crippen molar-refractivity contribution in [1.82, 2.24) is 15.8 Å². The van der Waals surface area contributed by atoms with Gasteiger partial charge in [-0.05, 0) is 45.6 Å². The van der Waals surface area contributed by atoms with Crippen LogP contribution < -0.4 is 10.6 Å². The number of halogens is 1. The molecule has 25 heavy (non-hydrogen) atoms. The first kappa shape index (κ1) is 21.5. The van der Waals surface area contributed by atoms with Gasteiger partial charge in [0.1, 0.15) is 5.76 Å². The Morgan fingerprint density at radius 3 is 2.52 bits per heavy atom. The van der Waals surface area contributed by atoms with Gasteiger partial charge in [-0.1, -0.05) is 35.5 Å². The second kappa shape index (κ2) is 11.1. The van der Waals surface area contributed by atoms with Gasteiger partial charge in [0.05, 0.1) is 5.69 Å². The fourth-order valence-electron chi connectivity index (χ4n) is 2.69. The van der Waals surface area contributed by atoms with Crippen molar-refractivity contribution in [2.45, 2.75) is 46.1 Å². The van der Waals surface area contributed by atoms with Crippen LogP contribution in [0.15, 0.2) is 39.8 Å². The Balaban J connectivity index is 0.00000312. The highest BCUT2D eigenvalue weighted by atomic mass is 127. The first-order chi connectivity index (χ1) is 11.6. The average molecular weight is 456 g/mol. The van der Waals surface area contributed by atoms with Crippen molar-refractivity contribution in [3.8, 4) is 0 Å². The molecule has 2 rings (SSSR count). The van der Waals surface area contributed by atoms with Crippen LogP contribution in [0.4, 0.5) is 0 Å². The molecule has 0 saturated heterocycles. The van der Waals surface area contributed by atoms with Crippen LogP contribution in [0.25, 0.3) is 0 Å². The molecule has 2 N–H and O–H groups in total. The van der Waals surface area contributed by atoms with Gasteiger partial charge in [-0.15, -0.1) is 24.0 Å². The summed E-state index contributed by atoms with van der Waals surface area (Å²) < 4.78 is 5.19. The quantitative estimate of drug-likeness (QED) is 0.380. The largest absolute Gasteiger partial charge is 0.361 e. The van der Waals surface area contributed by atoms with Crippen LogP contribution in [0, 0.1) is 13.8 Å². The highest BCUT2D eigenvalue weighted by Gasteiger charge is 2.09. The first-order valence-electron chi connectivity index (χ1n) is 8.53. The van der Waals surface area contributed by atoms with E-state index in [2.05, 4.69) is 58.0 Å². The molecule has 0 aliphatic carbocycles. The summed E-state index contributed by atoms with van der Waals surface area (Å²) in [7, 11) is 1.80. The van der Waals surface area contributed by atoms with Gasteiger partial charge in [0, 0.05) is 25.2 Å². The van der Waals surface area contributed by atoms with Crippen LogP contribution in [0.1, 0.15) is 35.9 Å². The van der Waals surface area contributed by atoms with E-state index in [0.29, 0.717) is 6.04 Å². The molecule has 6 heteroatoms. The van der Waals surface area contributed by atoms with Crippen LogP contribution in [0.3, 0.4) is 0 Å². The zero-order chi connectivity index (χ0) is 17.4. The van der Waals surface area contributed by atoms with Crippen LogP contribution >= 0.6 is 24.0 Å². The molecule has 1 heterocycles. The van der Waals surface area contributed by atoms with Gasteiger partial charge in [-0.25, -0.2) is 0 Å². The van der Waals surface area contributed by atoms with Gasteiger partial charge in [0.2, 0.25) is 0 Å². The molecule has 0 bridgehead atoms. The normalized spacial score (nSPS) is 12.4. The van der Waals surface area contributed by atoms with E-state index < -0.39 is 0 Å². The molecule has 5 nitrogen and oxygen atoms in total. The minimum Gasteiger partial charge on any atom is -0.361 e. The van der Waals surface area contributed by atoms with E-state index in [1.54, 1.807) is 7.05 Å². The first-order valence-corrected chi connectivity index (χ1v) is 8.53. The van der Waals surface area contributed by atoms with E-state index in [1.807, 2.05) is 13.8 Å². The topological polar surface area (TPSA) is 62.5 Å². The van der Waals surface area contributed by atoms with Crippen molar-refractivity contribution in [1.29, 1.82) is 0 Å². The summed E-state index contributed by atoms with van der Waals surface area (Å²) in [5.41, 5.74) is 3.51. The molecule has 138 valence electrons. The van der Waals surface area contributed by atoms with Crippen LogP contribution in [0.5, 0.6) is 0 Å². The molecule has 1 aromatic heterocycles. The predicted molar refractivity (Wildman–Crippen MR) is 114 cm³/mol. The summed E-state index contributed by atoms with van der Waals surface area (Å²) in [6.07, 6.45) is 3.00. The minimum absolute atomic E-state index is 0. The number of nitrogens with one attached hydrogen (secondary N) is 2. The summed E-state index contributed by atoms with van der Waals surface area (Å²) in [4.78, 5) is 4.30. The molecule has 1 atom stereocenters. The Bertz CT molecular complexity index is 635. The Morgan fingerprint density at radius 2 is 1.92 bits per heavy atom. The van der Waals surface area contributed by atoms with Crippen LogP contribution in [0.2, 0.25) is 0 Å². The molecule has 0 aliphatic rings. The Kier molecular flexibility index (Phi) is 9.55. The smallest absolute Gasteiger partial charge is 0.191 e. The Morgan fingerprint density at radius 1 is 1.20 bits per heavy atom. The molecule has 0 aliphatic heterocycles. The Labute approximate surface area is 167 Å². The van der Waals surface area contributed by atoms with Gasteiger partial charge >= 0.3 is 0 Å². The highest BCUT2D eigenvalue weighted by Crippen LogP contribution is 2.12. The van der Waals surface area contributed by atoms with Gasteiger partial charge in [0.25, 0.3) is 0 Å². The standard InChI is InChI=1S/C19H28N4O.HI/c1-14(10-11-17-8-6-5-7-9-17)22-19(20-4)21-13-12-18-15(2)23-24-16(18)3;/h5-9,14H,10-13H2,1-4H3,(H2,20,21,22);1H. The zero-order valence-corrected chi connectivity index (χ0v) is 17.8. The number of aryl methyl sites for hydroxylation is 3. The summed E-state index contributed by atoms with van der Waals surface area (Å²) in [5, 5.41) is 10.8. The number of nitrogens with zero attached hydrogens (tertiary/aromatic N) is 2. The van der Waals surface area contributed by atoms with Crippen LogP contribution in [-0.2, 0) is 12.8 Å². The maximum absolute atomic E-state index is 5.19. The van der Waals surface area contributed by atoms with Crippen LogP contribution in [-0.4, -0.2) is 30.8 Å². The summed E-state index contributed by atoms with van der Waals surface area (Å²) in [5.74, 6) is 1.73. The highest BCUT2D eigenvalue weighted by molar-refractivity contribution is 14.0. The lowest BCUT2D eigenvalue weighted by atomic mass is 10.1. The SMILES string of the molecule is CN=C(NCCc1c(C)noc1C)NC(C)CCc1ccccc1.I. The number of rotatable bonds is 7. The molecule has 0 amide bonds. The van der Waals surface area contributed by atoms with E-state index in [1.165, 1.54) is 11.1 Å². The second-order valence-corrected chi connectivity index (χ2v) is 6.12. The maximum atomic E-state index is 5.19. The third-order valence-electron chi connectivity index (χ3n) is 4.16. The lowest BCUT2D eigenvalue weighted by molar-refractivity contribution is 0.392. The Hall–Kier alpha value is -1.57. The van der Waals surface area contributed by atoms with Crippen molar-refractivity contribution >= 4 is 29.9 Å². The van der Waals surface area contributed by atoms with Crippen molar-refractivity contribution < 1.29 is 4.52 Å². The van der Waals surface area contributed by atoms with E-state index in [-0.39, 0.29) is 24.0 Å². The minimum atomic E-state index is 0. The molecular formula is C19H29IN4O. The molecule has 1 unspecified atom stereocenters. The second-order valence-electron chi connectivity index (χ2n) is 6.12. The van der Waals surface area contributed by atoms with Gasteiger partial charge in [0.15, 0.2) is 5.96 Å². The zero-order valence-electron chi connectivity index (χ0n) is 15.5. The number of aliphatic imine (C=N–C) groups is 1. The molecule has 0 radical (unpaired) electrons. The molecule has 1 aromatic carbocycles. The summed E-state index contributed by atoms with van der Waals surface area (Å²) in [6.45, 7) is 6.91. The van der Waals surface area contributed by atoms with Crippen molar-refractivity contribution in [3.05, 3.63) is 52.9 Å². The van der Waals surface area contributed by atoms with E-state index in [0.717, 1.165) is 43.2 Å². The number of guanidine groups is 1. The molecule has 0 fully saturated rings. The number of hydrogen-bond acceptors (Lipinski definition) is 3. The monoisotopic (exact) mass is 456 g/mol. The van der Waals surface area contributed by atoms with Gasteiger partial charge < -0.3 is 15.2 Å². The van der Waals surface area contributed by atoms with Crippen molar-refractivity contribution in [3.63, 3.8) is 0 Å². The number of hydrogen-bond donors (Lipinski definition) is 2. The average Bonchev–Trinajstić information content (AvgIpc) is 2.91. The van der Waals surface area contributed by atoms with E-state index in [4.69, 9.17) is 4.52 Å². The lowest BCUT2D eigenvalue weighted by Crippen LogP contribution is -2.43. The molecule has 0 saturated carbocycles. The van der Waals surface area contributed by atoms with Crippen molar-refractivity contribution in [2.24, 2.45) is 4.99 Å². The predicted octanol–water partition coefficient (Wildman–Crippen LogP) is 3.64. The summed E-state index contributed by atoms with van der Waals surface area (Å²) >= 11 is 0. The molecular weight excluding hydrogens is 427 g/mol.